The van der Waals surface area contributed by atoms with Gasteiger partial charge >= 0.3 is 0 Å². The molecule has 0 bridgehead atoms. The number of hydrogen-bond acceptors (Lipinski definition) is 3. The van der Waals surface area contributed by atoms with Crippen LogP contribution in [0.15, 0.2) is 22.7 Å². The van der Waals surface area contributed by atoms with E-state index in [2.05, 4.69) is 15.9 Å². The predicted octanol–water partition coefficient (Wildman–Crippen LogP) is 3.10. The summed E-state index contributed by atoms with van der Waals surface area (Å²) in [6.45, 7) is 6.60. The van der Waals surface area contributed by atoms with Gasteiger partial charge in [-0.1, -0.05) is 6.07 Å². The molecule has 0 saturated heterocycles. The lowest BCUT2D eigenvalue weighted by Crippen LogP contribution is -2.37. The fraction of sp³-hybridized carbons (Fsp3) is 0.533. The summed E-state index contributed by atoms with van der Waals surface area (Å²) in [5.74, 6) is -0.895. The molecule has 0 heterocycles. The van der Waals surface area contributed by atoms with Crippen LogP contribution in [0.1, 0.15) is 24.2 Å². The van der Waals surface area contributed by atoms with Crippen LogP contribution in [0.2, 0.25) is 0 Å². The van der Waals surface area contributed by atoms with E-state index in [4.69, 9.17) is 9.47 Å². The van der Waals surface area contributed by atoms with Crippen LogP contribution in [0.5, 0.6) is 0 Å². The molecule has 0 aromatic heterocycles. The molecular formula is C15H21BrFNO3. The lowest BCUT2D eigenvalue weighted by atomic mass is 10.2. The first-order chi connectivity index (χ1) is 10.1. The Morgan fingerprint density at radius 3 is 2.29 bits per heavy atom. The van der Waals surface area contributed by atoms with Gasteiger partial charge < -0.3 is 14.4 Å². The first-order valence-corrected chi connectivity index (χ1v) is 7.79. The van der Waals surface area contributed by atoms with Crippen LogP contribution < -0.4 is 0 Å². The zero-order valence-electron chi connectivity index (χ0n) is 12.4. The molecule has 0 saturated carbocycles. The van der Waals surface area contributed by atoms with Crippen LogP contribution in [0, 0.1) is 5.82 Å². The number of carbonyl (C=O) groups is 1. The van der Waals surface area contributed by atoms with Crippen molar-refractivity contribution in [1.82, 2.24) is 4.90 Å². The third-order valence-electron chi connectivity index (χ3n) is 2.89. The number of halogens is 2. The largest absolute Gasteiger partial charge is 0.380 e. The Balaban J connectivity index is 2.79. The highest BCUT2D eigenvalue weighted by Crippen LogP contribution is 2.19. The van der Waals surface area contributed by atoms with Crippen molar-refractivity contribution in [1.29, 1.82) is 0 Å². The molecular weight excluding hydrogens is 341 g/mol. The summed E-state index contributed by atoms with van der Waals surface area (Å²) in [4.78, 5) is 14.0. The number of benzene rings is 1. The molecule has 118 valence electrons. The van der Waals surface area contributed by atoms with Crippen LogP contribution in [0.3, 0.4) is 0 Å². The summed E-state index contributed by atoms with van der Waals surface area (Å²) in [6.07, 6.45) is 0. The summed E-state index contributed by atoms with van der Waals surface area (Å²) in [5.41, 5.74) is 0.0531. The van der Waals surface area contributed by atoms with Gasteiger partial charge in [0.1, 0.15) is 5.82 Å². The third-order valence-corrected chi connectivity index (χ3v) is 3.50. The maximum absolute atomic E-state index is 14.0. The van der Waals surface area contributed by atoms with E-state index >= 15 is 0 Å². The molecule has 1 aromatic carbocycles. The smallest absolute Gasteiger partial charge is 0.257 e. The van der Waals surface area contributed by atoms with Crippen molar-refractivity contribution >= 4 is 21.8 Å². The zero-order chi connectivity index (χ0) is 15.7. The Hall–Kier alpha value is -0.980. The number of hydrogen-bond donors (Lipinski definition) is 0. The fourth-order valence-electron chi connectivity index (χ4n) is 1.79. The molecule has 0 N–H and O–H groups in total. The van der Waals surface area contributed by atoms with E-state index in [1.165, 1.54) is 6.07 Å². The summed E-state index contributed by atoms with van der Waals surface area (Å²) in [7, 11) is 0. The van der Waals surface area contributed by atoms with Gasteiger partial charge in [0.2, 0.25) is 0 Å². The SMILES string of the molecule is CCOCCN(CCOCC)C(=O)c1cccc(Br)c1F. The summed E-state index contributed by atoms with van der Waals surface area (Å²) < 4.78 is 24.9. The van der Waals surface area contributed by atoms with Gasteiger partial charge in [0, 0.05) is 26.3 Å². The fourth-order valence-corrected chi connectivity index (χ4v) is 2.16. The number of amides is 1. The molecule has 0 aliphatic rings. The Labute approximate surface area is 133 Å². The molecule has 0 spiro atoms. The number of nitrogens with zero attached hydrogens (tertiary/aromatic N) is 1. The molecule has 0 unspecified atom stereocenters. The van der Waals surface area contributed by atoms with Crippen LogP contribution in [0.4, 0.5) is 4.39 Å². The van der Waals surface area contributed by atoms with Gasteiger partial charge in [-0.05, 0) is 41.9 Å². The van der Waals surface area contributed by atoms with Gasteiger partial charge in [-0.2, -0.15) is 0 Å². The van der Waals surface area contributed by atoms with E-state index in [0.717, 1.165) is 0 Å². The predicted molar refractivity (Wildman–Crippen MR) is 83.0 cm³/mol. The van der Waals surface area contributed by atoms with E-state index in [9.17, 15) is 9.18 Å². The second-order valence-electron chi connectivity index (χ2n) is 4.29. The molecule has 0 radical (unpaired) electrons. The van der Waals surface area contributed by atoms with Crippen molar-refractivity contribution < 1.29 is 18.7 Å². The minimum atomic E-state index is -0.541. The highest BCUT2D eigenvalue weighted by atomic mass is 79.9. The normalized spacial score (nSPS) is 10.7. The van der Waals surface area contributed by atoms with Crippen LogP contribution in [0.25, 0.3) is 0 Å². The van der Waals surface area contributed by atoms with Crippen molar-refractivity contribution in [2.75, 3.05) is 39.5 Å². The summed E-state index contributed by atoms with van der Waals surface area (Å²) >= 11 is 3.10. The van der Waals surface area contributed by atoms with Gasteiger partial charge in [-0.25, -0.2) is 4.39 Å². The third kappa shape index (κ3) is 5.73. The molecule has 1 amide bonds. The van der Waals surface area contributed by atoms with Crippen molar-refractivity contribution in [2.45, 2.75) is 13.8 Å². The van der Waals surface area contributed by atoms with E-state index in [-0.39, 0.29) is 15.9 Å². The molecule has 0 aliphatic heterocycles. The molecule has 21 heavy (non-hydrogen) atoms. The lowest BCUT2D eigenvalue weighted by molar-refractivity contribution is 0.0546. The average Bonchev–Trinajstić information content (AvgIpc) is 2.48. The molecule has 1 aromatic rings. The standard InChI is InChI=1S/C15H21BrFNO3/c1-3-20-10-8-18(9-11-21-4-2)15(19)12-6-5-7-13(16)14(12)17/h5-7H,3-4,8-11H2,1-2H3. The van der Waals surface area contributed by atoms with E-state index < -0.39 is 5.82 Å². The Kier molecular flexibility index (Phi) is 8.49. The molecule has 6 heteroatoms. The van der Waals surface area contributed by atoms with Gasteiger partial charge in [0.25, 0.3) is 5.91 Å². The lowest BCUT2D eigenvalue weighted by Gasteiger charge is -2.23. The summed E-state index contributed by atoms with van der Waals surface area (Å²) in [6, 6.07) is 4.69. The van der Waals surface area contributed by atoms with Crippen LogP contribution in [-0.2, 0) is 9.47 Å². The Morgan fingerprint density at radius 1 is 1.19 bits per heavy atom. The van der Waals surface area contributed by atoms with Gasteiger partial charge in [0.15, 0.2) is 0 Å². The second kappa shape index (κ2) is 9.87. The van der Waals surface area contributed by atoms with Crippen molar-refractivity contribution in [3.63, 3.8) is 0 Å². The van der Waals surface area contributed by atoms with Gasteiger partial charge in [-0.3, -0.25) is 4.79 Å². The highest BCUT2D eigenvalue weighted by molar-refractivity contribution is 9.10. The van der Waals surface area contributed by atoms with Gasteiger partial charge in [-0.15, -0.1) is 0 Å². The van der Waals surface area contributed by atoms with E-state index in [1.807, 2.05) is 13.8 Å². The Bertz CT molecular complexity index is 447. The van der Waals surface area contributed by atoms with Crippen molar-refractivity contribution in [3.05, 3.63) is 34.1 Å². The van der Waals surface area contributed by atoms with Crippen LogP contribution >= 0.6 is 15.9 Å². The second-order valence-corrected chi connectivity index (χ2v) is 5.14. The number of rotatable bonds is 9. The van der Waals surface area contributed by atoms with Gasteiger partial charge in [0.05, 0.1) is 23.2 Å². The van der Waals surface area contributed by atoms with Crippen molar-refractivity contribution in [2.24, 2.45) is 0 Å². The van der Waals surface area contributed by atoms with E-state index in [1.54, 1.807) is 17.0 Å². The van der Waals surface area contributed by atoms with Crippen molar-refractivity contribution in [3.8, 4) is 0 Å². The van der Waals surface area contributed by atoms with E-state index in [0.29, 0.717) is 39.5 Å². The monoisotopic (exact) mass is 361 g/mol. The molecule has 0 aliphatic carbocycles. The quantitative estimate of drug-likeness (QED) is 0.634. The summed E-state index contributed by atoms with van der Waals surface area (Å²) in [5, 5.41) is 0. The zero-order valence-corrected chi connectivity index (χ0v) is 14.0. The number of ether oxygens (including phenoxy) is 2. The first kappa shape index (κ1) is 18.1. The number of carbonyl (C=O) groups excluding carboxylic acids is 1. The molecule has 1 rings (SSSR count). The first-order valence-electron chi connectivity index (χ1n) is 7.00. The minimum absolute atomic E-state index is 0.0531. The minimum Gasteiger partial charge on any atom is -0.380 e. The topological polar surface area (TPSA) is 38.8 Å². The maximum atomic E-state index is 14.0. The molecule has 0 fully saturated rings. The van der Waals surface area contributed by atoms with Crippen LogP contribution in [-0.4, -0.2) is 50.3 Å². The molecule has 0 atom stereocenters. The maximum Gasteiger partial charge on any atom is 0.257 e. The Morgan fingerprint density at radius 2 is 1.76 bits per heavy atom. The average molecular weight is 362 g/mol. The molecule has 4 nitrogen and oxygen atoms in total. The highest BCUT2D eigenvalue weighted by Gasteiger charge is 2.20.